The molecule has 10 aromatic rings. The highest BCUT2D eigenvalue weighted by molar-refractivity contribution is 6.06. The van der Waals surface area contributed by atoms with Gasteiger partial charge in [0.2, 0.25) is 0 Å². The second kappa shape index (κ2) is 14.7. The van der Waals surface area contributed by atoms with Crippen LogP contribution in [0.4, 0.5) is 17.1 Å². The summed E-state index contributed by atoms with van der Waals surface area (Å²) in [5.41, 5.74) is 22.3. The summed E-state index contributed by atoms with van der Waals surface area (Å²) in [5, 5.41) is 2.41. The van der Waals surface area contributed by atoms with Crippen molar-refractivity contribution >= 4 is 27.8 Å². The van der Waals surface area contributed by atoms with Gasteiger partial charge < -0.3 is 4.90 Å². The molecule has 2 aliphatic rings. The Labute approximate surface area is 376 Å². The van der Waals surface area contributed by atoms with E-state index in [1.54, 1.807) is 0 Å². The summed E-state index contributed by atoms with van der Waals surface area (Å²) in [5.74, 6) is 0. The first-order chi connectivity index (χ1) is 31.4. The average Bonchev–Trinajstić information content (AvgIpc) is 3.76. The van der Waals surface area contributed by atoms with E-state index in [0.717, 1.165) is 17.1 Å². The molecular formula is C63H47N. The summed E-state index contributed by atoms with van der Waals surface area (Å²) >= 11 is 0. The van der Waals surface area contributed by atoms with E-state index in [2.05, 4.69) is 256 Å². The minimum atomic E-state index is -0.260. The number of hydrogen-bond donors (Lipinski definition) is 0. The predicted octanol–water partition coefficient (Wildman–Crippen LogP) is 17.0. The molecule has 304 valence electrons. The number of anilines is 3. The first-order valence-electron chi connectivity index (χ1n) is 22.5. The average molecular weight is 818 g/mol. The van der Waals surface area contributed by atoms with E-state index in [4.69, 9.17) is 0 Å². The zero-order valence-electron chi connectivity index (χ0n) is 36.4. The quantitative estimate of drug-likeness (QED) is 0.155. The van der Waals surface area contributed by atoms with Gasteiger partial charge in [-0.2, -0.15) is 0 Å². The molecule has 64 heavy (non-hydrogen) atoms. The molecule has 12 rings (SSSR count). The molecule has 0 N–H and O–H groups in total. The molecule has 1 unspecified atom stereocenters. The Morgan fingerprint density at radius 2 is 0.906 bits per heavy atom. The van der Waals surface area contributed by atoms with Crippen molar-refractivity contribution in [1.29, 1.82) is 0 Å². The minimum absolute atomic E-state index is 0.136. The van der Waals surface area contributed by atoms with Crippen LogP contribution in [0.5, 0.6) is 0 Å². The predicted molar refractivity (Wildman–Crippen MR) is 270 cm³/mol. The van der Waals surface area contributed by atoms with Gasteiger partial charge in [0.15, 0.2) is 0 Å². The highest BCUT2D eigenvalue weighted by Crippen LogP contribution is 2.55. The van der Waals surface area contributed by atoms with Crippen LogP contribution in [0.1, 0.15) is 48.6 Å². The third kappa shape index (κ3) is 5.77. The van der Waals surface area contributed by atoms with Crippen molar-refractivity contribution in [3.63, 3.8) is 0 Å². The maximum atomic E-state index is 2.49. The first-order valence-corrected chi connectivity index (χ1v) is 22.5. The van der Waals surface area contributed by atoms with Crippen LogP contribution in [0.2, 0.25) is 0 Å². The van der Waals surface area contributed by atoms with Crippen molar-refractivity contribution in [2.45, 2.75) is 31.6 Å². The van der Waals surface area contributed by atoms with E-state index in [0.29, 0.717) is 0 Å². The zero-order chi connectivity index (χ0) is 43.0. The molecule has 2 aliphatic carbocycles. The fraction of sp³-hybridized carbons (Fsp3) is 0.0794. The lowest BCUT2D eigenvalue weighted by atomic mass is 9.74. The van der Waals surface area contributed by atoms with Crippen molar-refractivity contribution < 1.29 is 0 Å². The molecule has 0 spiro atoms. The molecular weight excluding hydrogens is 771 g/mol. The van der Waals surface area contributed by atoms with Crippen LogP contribution in [0.3, 0.4) is 0 Å². The van der Waals surface area contributed by atoms with Gasteiger partial charge in [-0.3, -0.25) is 0 Å². The fourth-order valence-corrected chi connectivity index (χ4v) is 11.2. The Hall–Kier alpha value is -7.74. The lowest BCUT2D eigenvalue weighted by molar-refractivity contribution is 0.662. The van der Waals surface area contributed by atoms with Crippen molar-refractivity contribution in [1.82, 2.24) is 0 Å². The lowest BCUT2D eigenvalue weighted by Gasteiger charge is -2.30. The van der Waals surface area contributed by atoms with Gasteiger partial charge in [-0.15, -0.1) is 0 Å². The third-order valence-electron chi connectivity index (χ3n) is 14.3. The summed E-state index contributed by atoms with van der Waals surface area (Å²) in [6.07, 6.45) is 0. The van der Waals surface area contributed by atoms with E-state index in [9.17, 15) is 0 Å². The van der Waals surface area contributed by atoms with Crippen LogP contribution in [0.15, 0.2) is 231 Å². The normalized spacial score (nSPS) is 15.3. The summed E-state index contributed by atoms with van der Waals surface area (Å²) < 4.78 is 0. The van der Waals surface area contributed by atoms with E-state index in [1.165, 1.54) is 94.2 Å². The molecule has 0 saturated heterocycles. The molecule has 0 aromatic heterocycles. The molecule has 0 aliphatic heterocycles. The number of nitrogens with zero attached hydrogens (tertiary/aromatic N) is 1. The van der Waals surface area contributed by atoms with Gasteiger partial charge in [0.1, 0.15) is 0 Å². The maximum absolute atomic E-state index is 2.49. The van der Waals surface area contributed by atoms with Gasteiger partial charge in [0.25, 0.3) is 0 Å². The maximum Gasteiger partial charge on any atom is 0.0618 e. The van der Waals surface area contributed by atoms with Crippen LogP contribution in [-0.4, -0.2) is 0 Å². The largest absolute Gasteiger partial charge is 0.309 e. The first kappa shape index (κ1) is 38.0. The van der Waals surface area contributed by atoms with Crippen molar-refractivity contribution in [2.75, 3.05) is 4.90 Å². The molecule has 1 heteroatoms. The number of fused-ring (bicyclic) bond motifs is 7. The SMILES string of the molecule is CC1(C)c2ccccc2-c2cccc(-c3cccc(N(c4ccc(-c5ccc6c(c5)C(C)(c5ccccc5)c5ccccc5-6)cc4)c4c(-c5ccccc5)ccc5ccccc45)c3)c21. The molecule has 10 aromatic carbocycles. The van der Waals surface area contributed by atoms with Crippen LogP contribution in [-0.2, 0) is 10.8 Å². The summed E-state index contributed by atoms with van der Waals surface area (Å²) in [6, 6.07) is 85.5. The Morgan fingerprint density at radius 1 is 0.328 bits per heavy atom. The van der Waals surface area contributed by atoms with Crippen molar-refractivity contribution in [2.24, 2.45) is 0 Å². The molecule has 1 atom stereocenters. The molecule has 0 amide bonds. The molecule has 0 fully saturated rings. The van der Waals surface area contributed by atoms with Crippen LogP contribution < -0.4 is 4.90 Å². The van der Waals surface area contributed by atoms with E-state index in [1.807, 2.05) is 0 Å². The van der Waals surface area contributed by atoms with Gasteiger partial charge in [0.05, 0.1) is 5.69 Å². The molecule has 0 saturated carbocycles. The topological polar surface area (TPSA) is 3.24 Å². The minimum Gasteiger partial charge on any atom is -0.309 e. The Bertz CT molecular complexity index is 3410. The van der Waals surface area contributed by atoms with Crippen molar-refractivity contribution in [3.8, 4) is 55.6 Å². The zero-order valence-corrected chi connectivity index (χ0v) is 36.4. The summed E-state index contributed by atoms with van der Waals surface area (Å²) in [4.78, 5) is 2.49. The smallest absolute Gasteiger partial charge is 0.0618 e. The van der Waals surface area contributed by atoms with Crippen LogP contribution in [0.25, 0.3) is 66.4 Å². The number of benzene rings is 10. The Morgan fingerprint density at radius 3 is 1.70 bits per heavy atom. The summed E-state index contributed by atoms with van der Waals surface area (Å²) in [7, 11) is 0. The second-order valence-corrected chi connectivity index (χ2v) is 18.2. The van der Waals surface area contributed by atoms with E-state index < -0.39 is 0 Å². The molecule has 0 heterocycles. The lowest BCUT2D eigenvalue weighted by Crippen LogP contribution is -2.22. The highest BCUT2D eigenvalue weighted by atomic mass is 15.1. The molecule has 0 radical (unpaired) electrons. The van der Waals surface area contributed by atoms with Gasteiger partial charge in [-0.1, -0.05) is 214 Å². The number of hydrogen-bond acceptors (Lipinski definition) is 1. The Kier molecular flexibility index (Phi) is 8.71. The number of rotatable bonds is 7. The van der Waals surface area contributed by atoms with Gasteiger partial charge in [0, 0.05) is 33.2 Å². The highest BCUT2D eigenvalue weighted by Gasteiger charge is 2.41. The van der Waals surface area contributed by atoms with Gasteiger partial charge in [-0.25, -0.2) is 0 Å². The Balaban J connectivity index is 1.03. The van der Waals surface area contributed by atoms with Crippen LogP contribution in [0, 0.1) is 0 Å². The van der Waals surface area contributed by atoms with Gasteiger partial charge in [-0.05, 0) is 121 Å². The van der Waals surface area contributed by atoms with Crippen molar-refractivity contribution in [3.05, 3.63) is 258 Å². The second-order valence-electron chi connectivity index (χ2n) is 18.2. The van der Waals surface area contributed by atoms with Gasteiger partial charge >= 0.3 is 0 Å². The summed E-state index contributed by atoms with van der Waals surface area (Å²) in [6.45, 7) is 7.15. The standard InChI is InChI=1S/C63H47N/c1-62(2)57-30-14-12-27-54(57)56-29-17-28-50(60(56)62)46-21-16-24-49(40-46)64(61-51-25-11-10-20-44(51)34-38-52(61)43-18-6-4-7-19-43)48-36-32-42(33-37-48)45-35-39-55-53-26-13-15-31-58(53)63(3,59(55)41-45)47-22-8-5-9-23-47/h4-41H,1-3H3. The monoisotopic (exact) mass is 817 g/mol. The fourth-order valence-electron chi connectivity index (χ4n) is 11.2. The van der Waals surface area contributed by atoms with E-state index in [-0.39, 0.29) is 10.8 Å². The molecule has 1 nitrogen and oxygen atoms in total. The third-order valence-corrected chi connectivity index (χ3v) is 14.3. The van der Waals surface area contributed by atoms with Crippen LogP contribution >= 0.6 is 0 Å². The molecule has 0 bridgehead atoms. The van der Waals surface area contributed by atoms with E-state index >= 15 is 0 Å².